The Morgan fingerprint density at radius 3 is 1.55 bits per heavy atom. The predicted molar refractivity (Wildman–Crippen MR) is 41.6 cm³/mol. The first kappa shape index (κ1) is 22.9. The van der Waals surface area contributed by atoms with Gasteiger partial charge in [-0.25, -0.2) is 0 Å². The summed E-state index contributed by atoms with van der Waals surface area (Å²) in [4.78, 5) is 0. The summed E-state index contributed by atoms with van der Waals surface area (Å²) < 4.78 is 0.811. The molecule has 0 saturated heterocycles. The number of allylic oxidation sites excluding steroid dienone is 3. The van der Waals surface area contributed by atoms with Gasteiger partial charge in [0.25, 0.3) is 6.92 Å². The molecule has 0 aromatic heterocycles. The van der Waals surface area contributed by atoms with Crippen LogP contribution in [0.3, 0.4) is 0 Å². The molecule has 0 unspecified atom stereocenters. The summed E-state index contributed by atoms with van der Waals surface area (Å²) in [5.41, 5.74) is 0.713. The average Bonchev–Trinajstić information content (AvgIpc) is 1.64. The van der Waals surface area contributed by atoms with Gasteiger partial charge in [0.15, 0.2) is 0 Å². The van der Waals surface area contributed by atoms with Gasteiger partial charge in [0.1, 0.15) is 0 Å². The van der Waals surface area contributed by atoms with Gasteiger partial charge in [-0.1, -0.05) is 15.9 Å². The van der Waals surface area contributed by atoms with Gasteiger partial charge in [0.05, 0.1) is 4.48 Å². The van der Waals surface area contributed by atoms with E-state index in [1.165, 1.54) is 0 Å². The number of hydrogen-bond acceptors (Lipinski definition) is 0. The maximum Gasteiger partial charge on any atom is 2.00 e. The van der Waals surface area contributed by atoms with Gasteiger partial charge < -0.3 is 24.8 Å². The SMILES string of the molecule is [C+]/C(Br)=C(/C)C(=[CH-])Br.[Cl-].[Cl-].[Os+2]. The van der Waals surface area contributed by atoms with Crippen molar-refractivity contribution in [3.05, 3.63) is 28.0 Å². The van der Waals surface area contributed by atoms with Gasteiger partial charge in [0, 0.05) is 0 Å². The summed E-state index contributed by atoms with van der Waals surface area (Å²) in [5, 5.41) is 0. The van der Waals surface area contributed by atoms with E-state index >= 15 is 0 Å². The maximum atomic E-state index is 6.98. The molecule has 0 aromatic carbocycles. The Hall–Kier alpha value is 1.53. The standard InChI is InChI=1S/C6H4Br2.2ClH.Os/c1-4(5(2)7)6(3)8;;;/h2H,1H3;2*1H;/q;;;+2/p-2/b6-4+;;;. The van der Waals surface area contributed by atoms with E-state index in [0.29, 0.717) is 14.5 Å². The fourth-order valence-corrected chi connectivity index (χ4v) is 0.783. The second-order valence-corrected chi connectivity index (χ2v) is 2.93. The number of rotatable bonds is 1. The molecular weight excluding hydrogens is 493 g/mol. The first-order valence-electron chi connectivity index (χ1n) is 1.92. The molecule has 0 amide bonds. The molecule has 11 heavy (non-hydrogen) atoms. The van der Waals surface area contributed by atoms with Crippen LogP contribution in [0.2, 0.25) is 0 Å². The van der Waals surface area contributed by atoms with E-state index in [1.54, 1.807) is 6.92 Å². The van der Waals surface area contributed by atoms with Crippen molar-refractivity contribution in [2.75, 3.05) is 0 Å². The molecule has 0 heterocycles. The zero-order valence-electron chi connectivity index (χ0n) is 5.44. The summed E-state index contributed by atoms with van der Waals surface area (Å²) in [5.74, 6) is 0. The molecule has 0 fully saturated rings. The van der Waals surface area contributed by atoms with Crippen molar-refractivity contribution < 1.29 is 44.6 Å². The van der Waals surface area contributed by atoms with Crippen LogP contribution in [0.5, 0.6) is 0 Å². The Bertz CT molecular complexity index is 142. The molecule has 0 N–H and O–H groups in total. The van der Waals surface area contributed by atoms with Gasteiger partial charge >= 0.3 is 19.8 Å². The average molecular weight is 497 g/mol. The first-order valence-corrected chi connectivity index (χ1v) is 3.50. The molecule has 0 aliphatic carbocycles. The van der Waals surface area contributed by atoms with Crippen molar-refractivity contribution in [3.63, 3.8) is 0 Å². The predicted octanol–water partition coefficient (Wildman–Crippen LogP) is -3.04. The molecule has 0 aromatic rings. The number of halogens is 4. The molecule has 0 aliphatic rings. The van der Waals surface area contributed by atoms with Gasteiger partial charge in [-0.05, 0) is 15.9 Å². The molecule has 5 heteroatoms. The molecule has 2 radical (unpaired) electrons. The largest absolute Gasteiger partial charge is 2.00 e. The van der Waals surface area contributed by atoms with Crippen LogP contribution in [0, 0.1) is 13.5 Å². The minimum Gasteiger partial charge on any atom is -1.00 e. The van der Waals surface area contributed by atoms with E-state index in [2.05, 4.69) is 31.9 Å². The van der Waals surface area contributed by atoms with E-state index in [-0.39, 0.29) is 44.6 Å². The van der Waals surface area contributed by atoms with E-state index < -0.39 is 0 Å². The van der Waals surface area contributed by atoms with Crippen LogP contribution in [-0.2, 0) is 19.8 Å². The third-order valence-electron chi connectivity index (χ3n) is 0.687. The first-order chi connectivity index (χ1) is 3.55. The topological polar surface area (TPSA) is 0 Å². The van der Waals surface area contributed by atoms with Crippen molar-refractivity contribution in [2.45, 2.75) is 6.92 Å². The summed E-state index contributed by atoms with van der Waals surface area (Å²) in [6.07, 6.45) is 0. The van der Waals surface area contributed by atoms with Gasteiger partial charge in [0.2, 0.25) is 0 Å². The molecule has 0 rings (SSSR count). The molecule has 0 spiro atoms. The van der Waals surface area contributed by atoms with Crippen molar-refractivity contribution >= 4 is 31.9 Å². The molecule has 0 nitrogen and oxygen atoms in total. The molecule has 64 valence electrons. The fraction of sp³-hybridized carbons (Fsp3) is 0.167. The van der Waals surface area contributed by atoms with Crippen molar-refractivity contribution in [1.29, 1.82) is 0 Å². The van der Waals surface area contributed by atoms with Crippen LogP contribution in [0.4, 0.5) is 0 Å². The Labute approximate surface area is 110 Å². The zero-order chi connectivity index (χ0) is 6.73. The third-order valence-corrected chi connectivity index (χ3v) is 1.88. The zero-order valence-corrected chi connectivity index (χ0v) is 12.7. The van der Waals surface area contributed by atoms with E-state index in [0.717, 1.165) is 0 Å². The number of hydrogen-bond donors (Lipinski definition) is 0. The Morgan fingerprint density at radius 2 is 1.55 bits per heavy atom. The summed E-state index contributed by atoms with van der Waals surface area (Å²) >= 11 is 5.98. The van der Waals surface area contributed by atoms with Gasteiger partial charge in [-0.2, -0.15) is 4.48 Å². The van der Waals surface area contributed by atoms with E-state index in [1.807, 2.05) is 0 Å². The quantitative estimate of drug-likeness (QED) is 0.267. The van der Waals surface area contributed by atoms with Crippen LogP contribution in [0.25, 0.3) is 0 Å². The Kier molecular flexibility index (Phi) is 24.0. The molecule has 0 saturated carbocycles. The van der Waals surface area contributed by atoms with Crippen LogP contribution in [-0.4, -0.2) is 0 Å². The molecule has 0 aliphatic heterocycles. The monoisotopic (exact) mass is 496 g/mol. The van der Waals surface area contributed by atoms with Gasteiger partial charge in [-0.15, -0.1) is 12.5 Å². The van der Waals surface area contributed by atoms with Crippen LogP contribution in [0.15, 0.2) is 14.5 Å². The van der Waals surface area contributed by atoms with Crippen LogP contribution < -0.4 is 24.8 Å². The van der Waals surface area contributed by atoms with E-state index in [9.17, 15) is 0 Å². The normalized spacial score (nSPS) is 9.36. The Morgan fingerprint density at radius 1 is 1.27 bits per heavy atom. The fourth-order valence-electron chi connectivity index (χ4n) is 0.105. The van der Waals surface area contributed by atoms with Crippen LogP contribution in [0.1, 0.15) is 6.92 Å². The van der Waals surface area contributed by atoms with Gasteiger partial charge in [-0.3, -0.25) is 6.58 Å². The van der Waals surface area contributed by atoms with Crippen molar-refractivity contribution in [2.24, 2.45) is 0 Å². The van der Waals surface area contributed by atoms with E-state index in [4.69, 9.17) is 13.5 Å². The minimum absolute atomic E-state index is 0. The summed E-state index contributed by atoms with van der Waals surface area (Å²) in [6, 6.07) is 0. The third kappa shape index (κ3) is 11.5. The van der Waals surface area contributed by atoms with Crippen LogP contribution >= 0.6 is 31.9 Å². The van der Waals surface area contributed by atoms with Crippen molar-refractivity contribution in [3.8, 4) is 0 Å². The molecule has 0 bridgehead atoms. The maximum absolute atomic E-state index is 6.98. The minimum atomic E-state index is 0. The van der Waals surface area contributed by atoms with Crippen molar-refractivity contribution in [1.82, 2.24) is 0 Å². The smallest absolute Gasteiger partial charge is 1.00 e. The summed E-state index contributed by atoms with van der Waals surface area (Å²) in [7, 11) is 0. The second-order valence-electron chi connectivity index (χ2n) is 1.29. The Balaban J connectivity index is -0.0000000817. The molecular formula is C6H4Br2Cl2Os. The molecule has 0 atom stereocenters. The summed E-state index contributed by atoms with van der Waals surface area (Å²) in [6.45, 7) is 14.0. The second kappa shape index (κ2) is 11.5.